The van der Waals surface area contributed by atoms with Gasteiger partial charge in [-0.1, -0.05) is 53.6 Å². The second-order valence-corrected chi connectivity index (χ2v) is 9.58. The van der Waals surface area contributed by atoms with Crippen molar-refractivity contribution in [3.63, 3.8) is 0 Å². The summed E-state index contributed by atoms with van der Waals surface area (Å²) in [4.78, 5) is 27.9. The number of piperidine rings is 1. The summed E-state index contributed by atoms with van der Waals surface area (Å²) in [5.74, 6) is -0.428. The van der Waals surface area contributed by atoms with Crippen molar-refractivity contribution in [2.75, 3.05) is 26.2 Å². The van der Waals surface area contributed by atoms with Crippen LogP contribution in [0.4, 0.5) is 0 Å². The van der Waals surface area contributed by atoms with E-state index in [-0.39, 0.29) is 30.4 Å². The summed E-state index contributed by atoms with van der Waals surface area (Å²) in [6.45, 7) is 7.86. The summed E-state index contributed by atoms with van der Waals surface area (Å²) >= 11 is 6.47. The molecule has 0 saturated carbocycles. The van der Waals surface area contributed by atoms with E-state index in [1.54, 1.807) is 5.01 Å². The Labute approximate surface area is 206 Å². The van der Waals surface area contributed by atoms with Crippen molar-refractivity contribution in [3.8, 4) is 0 Å². The molecule has 0 aliphatic carbocycles. The van der Waals surface area contributed by atoms with Crippen molar-refractivity contribution in [2.24, 2.45) is 11.0 Å². The Morgan fingerprint density at radius 1 is 1.18 bits per heavy atom. The van der Waals surface area contributed by atoms with Crippen LogP contribution in [-0.4, -0.2) is 53.7 Å². The lowest BCUT2D eigenvalue weighted by Crippen LogP contribution is -2.44. The zero-order chi connectivity index (χ0) is 24.2. The average Bonchev–Trinajstić information content (AvgIpc) is 3.26. The van der Waals surface area contributed by atoms with E-state index in [0.29, 0.717) is 24.6 Å². The Hall–Kier alpha value is -2.70. The third-order valence-corrected chi connectivity index (χ3v) is 6.96. The molecule has 1 fully saturated rings. The summed E-state index contributed by atoms with van der Waals surface area (Å²) in [6, 6.07) is 13.7. The number of carbonyl (C=O) groups excluding carboxylic acids is 2. The van der Waals surface area contributed by atoms with Crippen LogP contribution in [0.5, 0.6) is 0 Å². The van der Waals surface area contributed by atoms with E-state index in [1.807, 2.05) is 31.2 Å². The minimum Gasteiger partial charge on any atom is -0.466 e. The fourth-order valence-corrected chi connectivity index (χ4v) is 5.12. The number of likely N-dealkylation sites (tertiary alicyclic amines) is 1. The Balaban J connectivity index is 1.59. The van der Waals surface area contributed by atoms with Crippen LogP contribution in [0.1, 0.15) is 54.5 Å². The molecular formula is C27H32ClN3O3. The van der Waals surface area contributed by atoms with Crippen LogP contribution in [0.15, 0.2) is 47.6 Å². The van der Waals surface area contributed by atoms with Gasteiger partial charge in [0.1, 0.15) is 0 Å². The van der Waals surface area contributed by atoms with E-state index in [0.717, 1.165) is 47.4 Å². The first kappa shape index (κ1) is 24.4. The summed E-state index contributed by atoms with van der Waals surface area (Å²) < 4.78 is 5.21. The number of nitrogens with zero attached hydrogens (tertiary/aromatic N) is 3. The number of rotatable bonds is 6. The highest BCUT2D eigenvalue weighted by atomic mass is 35.5. The van der Waals surface area contributed by atoms with Crippen molar-refractivity contribution < 1.29 is 14.3 Å². The predicted octanol–water partition coefficient (Wildman–Crippen LogP) is 4.91. The molecule has 0 N–H and O–H groups in total. The van der Waals surface area contributed by atoms with Crippen LogP contribution in [0.25, 0.3) is 0 Å². The van der Waals surface area contributed by atoms with Crippen molar-refractivity contribution in [1.29, 1.82) is 0 Å². The Morgan fingerprint density at radius 2 is 1.97 bits per heavy atom. The minimum absolute atomic E-state index is 0.0718. The molecule has 4 rings (SSSR count). The van der Waals surface area contributed by atoms with Gasteiger partial charge >= 0.3 is 5.97 Å². The maximum atomic E-state index is 13.6. The Bertz CT molecular complexity index is 1100. The molecule has 2 atom stereocenters. The molecule has 0 radical (unpaired) electrons. The number of esters is 1. The number of hydrogen-bond donors (Lipinski definition) is 0. The highest BCUT2D eigenvalue weighted by Crippen LogP contribution is 2.36. The van der Waals surface area contributed by atoms with Gasteiger partial charge in [0.2, 0.25) is 0 Å². The van der Waals surface area contributed by atoms with Gasteiger partial charge in [0.15, 0.2) is 0 Å². The summed E-state index contributed by atoms with van der Waals surface area (Å²) in [5, 5.41) is 7.06. The van der Waals surface area contributed by atoms with Gasteiger partial charge in [0.25, 0.3) is 5.91 Å². The molecule has 7 heteroatoms. The molecule has 180 valence electrons. The zero-order valence-electron chi connectivity index (χ0n) is 20.1. The molecule has 0 bridgehead atoms. The van der Waals surface area contributed by atoms with Crippen LogP contribution in [-0.2, 0) is 14.3 Å². The fourth-order valence-electron chi connectivity index (χ4n) is 4.87. The number of hydrogen-bond acceptors (Lipinski definition) is 5. The summed E-state index contributed by atoms with van der Waals surface area (Å²) in [5.41, 5.74) is 5.04. The maximum absolute atomic E-state index is 13.6. The molecule has 2 aromatic rings. The maximum Gasteiger partial charge on any atom is 0.310 e. The summed E-state index contributed by atoms with van der Waals surface area (Å²) in [7, 11) is 0. The van der Waals surface area contributed by atoms with Gasteiger partial charge in [0, 0.05) is 23.6 Å². The van der Waals surface area contributed by atoms with Gasteiger partial charge in [0.05, 0.1) is 30.8 Å². The lowest BCUT2D eigenvalue weighted by Gasteiger charge is -2.32. The van der Waals surface area contributed by atoms with Gasteiger partial charge in [-0.3, -0.25) is 14.5 Å². The van der Waals surface area contributed by atoms with E-state index in [1.165, 1.54) is 0 Å². The third-order valence-electron chi connectivity index (χ3n) is 6.63. The van der Waals surface area contributed by atoms with E-state index >= 15 is 0 Å². The second-order valence-electron chi connectivity index (χ2n) is 9.17. The lowest BCUT2D eigenvalue weighted by molar-refractivity contribution is -0.150. The Kier molecular flexibility index (Phi) is 7.69. The van der Waals surface area contributed by atoms with E-state index in [4.69, 9.17) is 21.4 Å². The van der Waals surface area contributed by atoms with Crippen molar-refractivity contribution in [2.45, 2.75) is 46.1 Å². The second kappa shape index (κ2) is 10.7. The number of aryl methyl sites for hydroxylation is 2. The van der Waals surface area contributed by atoms with Gasteiger partial charge in [-0.05, 0) is 57.4 Å². The highest BCUT2D eigenvalue weighted by molar-refractivity contribution is 6.34. The standard InChI is InChI=1S/C27H32ClN3O3/c1-4-34-27(33)20-8-7-13-30(16-20)17-26(32)31-25(22-14-18(2)11-12-19(22)3)15-24(29-31)21-9-5-6-10-23(21)28/h5-6,9-12,14,20,25H,4,7-8,13,15-17H2,1-3H3/t20-,25-/m1/s1. The normalized spacial score (nSPS) is 20.8. The first-order chi connectivity index (χ1) is 16.4. The Morgan fingerprint density at radius 3 is 2.74 bits per heavy atom. The fraction of sp³-hybridized carbons (Fsp3) is 0.444. The predicted molar refractivity (Wildman–Crippen MR) is 134 cm³/mol. The molecular weight excluding hydrogens is 450 g/mol. The number of halogens is 1. The molecule has 1 saturated heterocycles. The van der Waals surface area contributed by atoms with Crippen molar-refractivity contribution in [3.05, 3.63) is 69.7 Å². The summed E-state index contributed by atoms with van der Waals surface area (Å²) in [6.07, 6.45) is 2.27. The molecule has 2 aromatic carbocycles. The van der Waals surface area contributed by atoms with Crippen molar-refractivity contribution in [1.82, 2.24) is 9.91 Å². The molecule has 2 aliphatic heterocycles. The van der Waals surface area contributed by atoms with Gasteiger partial charge in [-0.25, -0.2) is 5.01 Å². The number of hydrazone groups is 1. The smallest absolute Gasteiger partial charge is 0.310 e. The SMILES string of the molecule is CCOC(=O)[C@@H]1CCCN(CC(=O)N2N=C(c3ccccc3Cl)C[C@@H]2c2cc(C)ccc2C)C1. The molecule has 2 aliphatic rings. The molecule has 1 amide bonds. The molecule has 6 nitrogen and oxygen atoms in total. The topological polar surface area (TPSA) is 62.2 Å². The van der Waals surface area contributed by atoms with Crippen LogP contribution in [0.3, 0.4) is 0 Å². The number of ether oxygens (including phenoxy) is 1. The largest absolute Gasteiger partial charge is 0.466 e. The molecule has 0 unspecified atom stereocenters. The monoisotopic (exact) mass is 481 g/mol. The van der Waals surface area contributed by atoms with E-state index < -0.39 is 0 Å². The molecule has 2 heterocycles. The number of carbonyl (C=O) groups is 2. The van der Waals surface area contributed by atoms with E-state index in [9.17, 15) is 9.59 Å². The van der Waals surface area contributed by atoms with Gasteiger partial charge in [-0.2, -0.15) is 5.10 Å². The zero-order valence-corrected chi connectivity index (χ0v) is 20.8. The van der Waals surface area contributed by atoms with Crippen molar-refractivity contribution >= 4 is 29.2 Å². The van der Waals surface area contributed by atoms with Gasteiger partial charge < -0.3 is 4.74 Å². The lowest BCUT2D eigenvalue weighted by atomic mass is 9.94. The van der Waals surface area contributed by atoms with Crippen LogP contribution < -0.4 is 0 Å². The van der Waals surface area contributed by atoms with E-state index in [2.05, 4.69) is 36.9 Å². The third kappa shape index (κ3) is 5.34. The first-order valence-electron chi connectivity index (χ1n) is 12.0. The highest BCUT2D eigenvalue weighted by Gasteiger charge is 2.36. The van der Waals surface area contributed by atoms with Crippen LogP contribution in [0.2, 0.25) is 5.02 Å². The van der Waals surface area contributed by atoms with Crippen LogP contribution >= 0.6 is 11.6 Å². The average molecular weight is 482 g/mol. The number of amides is 1. The molecule has 0 aromatic heterocycles. The van der Waals surface area contributed by atoms with Crippen LogP contribution in [0, 0.1) is 19.8 Å². The molecule has 0 spiro atoms. The first-order valence-corrected chi connectivity index (χ1v) is 12.4. The minimum atomic E-state index is -0.190. The van der Waals surface area contributed by atoms with Gasteiger partial charge in [-0.15, -0.1) is 0 Å². The number of benzene rings is 2. The molecule has 34 heavy (non-hydrogen) atoms. The quantitative estimate of drug-likeness (QED) is 0.550.